The molecular formula is C11H13BrO2. The second kappa shape index (κ2) is 3.55. The maximum absolute atomic E-state index is 5.57. The molecule has 0 spiro atoms. The van der Waals surface area contributed by atoms with E-state index in [-0.39, 0.29) is 5.60 Å². The van der Waals surface area contributed by atoms with Gasteiger partial charge < -0.3 is 9.47 Å². The quantitative estimate of drug-likeness (QED) is 0.810. The van der Waals surface area contributed by atoms with E-state index in [2.05, 4.69) is 35.0 Å². The standard InChI is InChI=1S/C11H13BrO2/c1-11(5-6-14-11)8-3-4-10(13-2)9(12)7-8/h3-4,7H,5-6H2,1-2H3. The number of ether oxygens (including phenoxy) is 2. The van der Waals surface area contributed by atoms with Crippen molar-refractivity contribution in [3.8, 4) is 5.75 Å². The van der Waals surface area contributed by atoms with Crippen LogP contribution in [0.5, 0.6) is 5.75 Å². The van der Waals surface area contributed by atoms with Crippen LogP contribution in [0.3, 0.4) is 0 Å². The van der Waals surface area contributed by atoms with Crippen molar-refractivity contribution in [2.75, 3.05) is 13.7 Å². The lowest BCUT2D eigenvalue weighted by molar-refractivity contribution is -0.140. The van der Waals surface area contributed by atoms with Gasteiger partial charge in [-0.05, 0) is 40.5 Å². The summed E-state index contributed by atoms with van der Waals surface area (Å²) in [6.45, 7) is 2.98. The Bertz CT molecular complexity index is 345. The van der Waals surface area contributed by atoms with E-state index in [9.17, 15) is 0 Å². The lowest BCUT2D eigenvalue weighted by Gasteiger charge is -2.39. The van der Waals surface area contributed by atoms with Gasteiger partial charge in [-0.2, -0.15) is 0 Å². The normalized spacial score (nSPS) is 25.6. The average molecular weight is 257 g/mol. The third kappa shape index (κ3) is 1.55. The Morgan fingerprint density at radius 2 is 2.21 bits per heavy atom. The lowest BCUT2D eigenvalue weighted by atomic mass is 9.89. The molecule has 1 aromatic carbocycles. The van der Waals surface area contributed by atoms with E-state index < -0.39 is 0 Å². The van der Waals surface area contributed by atoms with Crippen molar-refractivity contribution in [3.63, 3.8) is 0 Å². The fourth-order valence-corrected chi connectivity index (χ4v) is 2.17. The molecule has 1 aromatic rings. The molecule has 0 N–H and O–H groups in total. The largest absolute Gasteiger partial charge is 0.496 e. The third-order valence-corrected chi connectivity index (χ3v) is 3.38. The van der Waals surface area contributed by atoms with Crippen LogP contribution in [0.15, 0.2) is 22.7 Å². The summed E-state index contributed by atoms with van der Waals surface area (Å²) in [5.41, 5.74) is 1.12. The van der Waals surface area contributed by atoms with Crippen molar-refractivity contribution in [1.29, 1.82) is 0 Å². The Hall–Kier alpha value is -0.540. The molecule has 0 radical (unpaired) electrons. The van der Waals surface area contributed by atoms with E-state index in [1.807, 2.05) is 6.07 Å². The highest BCUT2D eigenvalue weighted by Crippen LogP contribution is 2.39. The van der Waals surface area contributed by atoms with Crippen LogP contribution in [-0.4, -0.2) is 13.7 Å². The van der Waals surface area contributed by atoms with Gasteiger partial charge in [-0.25, -0.2) is 0 Å². The van der Waals surface area contributed by atoms with Crippen LogP contribution in [0.1, 0.15) is 18.9 Å². The first-order valence-corrected chi connectivity index (χ1v) is 5.43. The van der Waals surface area contributed by atoms with Gasteiger partial charge in [0.05, 0.1) is 23.8 Å². The Kier molecular flexibility index (Phi) is 2.54. The summed E-state index contributed by atoms with van der Waals surface area (Å²) in [6, 6.07) is 6.09. The SMILES string of the molecule is COc1ccc(C2(C)CCO2)cc1Br. The maximum Gasteiger partial charge on any atom is 0.133 e. The maximum atomic E-state index is 5.57. The molecule has 1 aliphatic rings. The van der Waals surface area contributed by atoms with Gasteiger partial charge in [0.2, 0.25) is 0 Å². The predicted octanol–water partition coefficient (Wildman–Crippen LogP) is 3.09. The van der Waals surface area contributed by atoms with Crippen LogP contribution in [0, 0.1) is 0 Å². The molecule has 2 nitrogen and oxygen atoms in total. The van der Waals surface area contributed by atoms with Gasteiger partial charge in [0.15, 0.2) is 0 Å². The zero-order valence-corrected chi connectivity index (χ0v) is 9.93. The Morgan fingerprint density at radius 1 is 1.50 bits per heavy atom. The molecule has 1 saturated heterocycles. The fraction of sp³-hybridized carbons (Fsp3) is 0.455. The van der Waals surface area contributed by atoms with Crippen LogP contribution in [-0.2, 0) is 10.3 Å². The first kappa shape index (κ1) is 9.99. The van der Waals surface area contributed by atoms with E-state index in [0.717, 1.165) is 23.2 Å². The molecule has 1 aliphatic heterocycles. The number of hydrogen-bond acceptors (Lipinski definition) is 2. The molecule has 2 rings (SSSR count). The van der Waals surface area contributed by atoms with Crippen molar-refractivity contribution < 1.29 is 9.47 Å². The summed E-state index contributed by atoms with van der Waals surface area (Å²) in [5, 5.41) is 0. The number of hydrogen-bond donors (Lipinski definition) is 0. The highest BCUT2D eigenvalue weighted by molar-refractivity contribution is 9.10. The van der Waals surface area contributed by atoms with Crippen molar-refractivity contribution in [2.24, 2.45) is 0 Å². The van der Waals surface area contributed by atoms with Crippen LogP contribution < -0.4 is 4.74 Å². The highest BCUT2D eigenvalue weighted by atomic mass is 79.9. The Morgan fingerprint density at radius 3 is 2.64 bits per heavy atom. The van der Waals surface area contributed by atoms with Gasteiger partial charge in [0.25, 0.3) is 0 Å². The third-order valence-electron chi connectivity index (χ3n) is 2.76. The Labute approximate surface area is 92.3 Å². The zero-order chi connectivity index (χ0) is 10.2. The van der Waals surface area contributed by atoms with Crippen molar-refractivity contribution in [1.82, 2.24) is 0 Å². The molecule has 1 heterocycles. The predicted molar refractivity (Wildman–Crippen MR) is 58.6 cm³/mol. The molecule has 0 aromatic heterocycles. The van der Waals surface area contributed by atoms with Gasteiger partial charge in [-0.3, -0.25) is 0 Å². The fourth-order valence-electron chi connectivity index (χ4n) is 1.63. The monoisotopic (exact) mass is 256 g/mol. The summed E-state index contributed by atoms with van der Waals surface area (Å²) in [5.74, 6) is 0.858. The summed E-state index contributed by atoms with van der Waals surface area (Å²) in [4.78, 5) is 0. The number of halogens is 1. The number of rotatable bonds is 2. The van der Waals surface area contributed by atoms with Crippen LogP contribution in [0.25, 0.3) is 0 Å². The van der Waals surface area contributed by atoms with Crippen LogP contribution in [0.2, 0.25) is 0 Å². The van der Waals surface area contributed by atoms with Gasteiger partial charge >= 0.3 is 0 Å². The molecular weight excluding hydrogens is 244 g/mol. The molecule has 76 valence electrons. The molecule has 0 aliphatic carbocycles. The topological polar surface area (TPSA) is 18.5 Å². The second-order valence-corrected chi connectivity index (χ2v) is 4.53. The van der Waals surface area contributed by atoms with Crippen molar-refractivity contribution >= 4 is 15.9 Å². The molecule has 14 heavy (non-hydrogen) atoms. The van der Waals surface area contributed by atoms with Crippen LogP contribution in [0.4, 0.5) is 0 Å². The smallest absolute Gasteiger partial charge is 0.133 e. The lowest BCUT2D eigenvalue weighted by Crippen LogP contribution is -2.37. The average Bonchev–Trinajstić information content (AvgIpc) is 2.14. The summed E-state index contributed by atoms with van der Waals surface area (Å²) >= 11 is 3.47. The summed E-state index contributed by atoms with van der Waals surface area (Å²) in [7, 11) is 1.67. The number of benzene rings is 1. The van der Waals surface area contributed by atoms with E-state index in [0.29, 0.717) is 0 Å². The molecule has 1 fully saturated rings. The molecule has 0 amide bonds. The minimum absolute atomic E-state index is 0.0885. The van der Waals surface area contributed by atoms with Crippen molar-refractivity contribution in [2.45, 2.75) is 18.9 Å². The van der Waals surface area contributed by atoms with Crippen molar-refractivity contribution in [3.05, 3.63) is 28.2 Å². The zero-order valence-electron chi connectivity index (χ0n) is 8.34. The first-order chi connectivity index (χ1) is 6.65. The molecule has 1 atom stereocenters. The molecule has 3 heteroatoms. The summed E-state index contributed by atoms with van der Waals surface area (Å²) < 4.78 is 11.7. The van der Waals surface area contributed by atoms with Gasteiger partial charge in [-0.1, -0.05) is 6.07 Å². The van der Waals surface area contributed by atoms with E-state index >= 15 is 0 Å². The van der Waals surface area contributed by atoms with E-state index in [1.165, 1.54) is 5.56 Å². The van der Waals surface area contributed by atoms with Gasteiger partial charge in [0.1, 0.15) is 5.75 Å². The van der Waals surface area contributed by atoms with Gasteiger partial charge in [-0.15, -0.1) is 0 Å². The van der Waals surface area contributed by atoms with Crippen LogP contribution >= 0.6 is 15.9 Å². The van der Waals surface area contributed by atoms with Gasteiger partial charge in [0, 0.05) is 6.42 Å². The van der Waals surface area contributed by atoms with E-state index in [4.69, 9.17) is 9.47 Å². The summed E-state index contributed by atoms with van der Waals surface area (Å²) in [6.07, 6.45) is 1.09. The second-order valence-electron chi connectivity index (χ2n) is 3.68. The number of methoxy groups -OCH3 is 1. The Balaban J connectivity index is 2.32. The highest BCUT2D eigenvalue weighted by Gasteiger charge is 2.35. The first-order valence-electron chi connectivity index (χ1n) is 4.64. The molecule has 0 saturated carbocycles. The molecule has 1 unspecified atom stereocenters. The minimum atomic E-state index is -0.0885. The minimum Gasteiger partial charge on any atom is -0.496 e. The molecule has 0 bridgehead atoms. The van der Waals surface area contributed by atoms with E-state index in [1.54, 1.807) is 7.11 Å².